The minimum Gasteiger partial charge on any atom is -0.350 e. The first-order chi connectivity index (χ1) is 13.7. The van der Waals surface area contributed by atoms with Gasteiger partial charge >= 0.3 is 0 Å². The van der Waals surface area contributed by atoms with E-state index in [1.54, 1.807) is 6.20 Å². The third-order valence-corrected chi connectivity index (χ3v) is 5.75. The molecule has 28 heavy (non-hydrogen) atoms. The number of pyridine rings is 1. The summed E-state index contributed by atoms with van der Waals surface area (Å²) in [7, 11) is 0. The number of nitrogens with zero attached hydrogens (tertiary/aromatic N) is 7. The largest absolute Gasteiger partial charge is 0.350 e. The van der Waals surface area contributed by atoms with Gasteiger partial charge in [-0.1, -0.05) is 0 Å². The van der Waals surface area contributed by atoms with Gasteiger partial charge in [-0.2, -0.15) is 5.10 Å². The fourth-order valence-corrected chi connectivity index (χ4v) is 4.04. The second-order valence-electron chi connectivity index (χ2n) is 7.82. The number of aryl methyl sites for hydroxylation is 1. The number of imidazole rings is 1. The van der Waals surface area contributed by atoms with Crippen molar-refractivity contribution in [2.75, 3.05) is 11.4 Å². The lowest BCUT2D eigenvalue weighted by Gasteiger charge is -2.30. The van der Waals surface area contributed by atoms with Gasteiger partial charge in [-0.25, -0.2) is 9.50 Å². The topological polar surface area (TPSA) is 64.1 Å². The van der Waals surface area contributed by atoms with Crippen LogP contribution < -0.4 is 4.90 Å². The highest BCUT2D eigenvalue weighted by molar-refractivity contribution is 5.63. The highest BCUT2D eigenvalue weighted by atomic mass is 15.3. The third kappa shape index (κ3) is 2.58. The van der Waals surface area contributed by atoms with E-state index in [9.17, 15) is 0 Å². The van der Waals surface area contributed by atoms with Crippen molar-refractivity contribution < 1.29 is 0 Å². The third-order valence-electron chi connectivity index (χ3n) is 5.75. The molecule has 7 heteroatoms. The Morgan fingerprint density at radius 3 is 2.89 bits per heavy atom. The van der Waals surface area contributed by atoms with Crippen LogP contribution >= 0.6 is 0 Å². The highest BCUT2D eigenvalue weighted by Gasteiger charge is 2.25. The van der Waals surface area contributed by atoms with Crippen LogP contribution in [0.15, 0.2) is 43.1 Å². The number of rotatable bonds is 3. The molecule has 1 aliphatic heterocycles. The molecule has 1 saturated carbocycles. The van der Waals surface area contributed by atoms with Gasteiger partial charge in [0.2, 0.25) is 0 Å². The fraction of sp³-hybridized carbons (Fsp3) is 0.333. The smallest absolute Gasteiger partial charge is 0.153 e. The molecule has 0 N–H and O–H groups in total. The number of fused-ring (bicyclic) bond motifs is 2. The summed E-state index contributed by atoms with van der Waals surface area (Å²) in [6.45, 7) is 3.85. The van der Waals surface area contributed by atoms with Gasteiger partial charge in [0, 0.05) is 61.1 Å². The average molecular weight is 371 g/mol. The molecule has 6 rings (SSSR count). The van der Waals surface area contributed by atoms with E-state index in [1.165, 1.54) is 24.1 Å². The monoisotopic (exact) mass is 371 g/mol. The van der Waals surface area contributed by atoms with Crippen molar-refractivity contribution in [1.82, 2.24) is 29.4 Å². The van der Waals surface area contributed by atoms with Crippen LogP contribution in [0.4, 0.5) is 5.82 Å². The van der Waals surface area contributed by atoms with Gasteiger partial charge in [0.05, 0.1) is 12.2 Å². The van der Waals surface area contributed by atoms with Crippen LogP contribution in [0.25, 0.3) is 16.8 Å². The SMILES string of the molecule is Cc1cc2nccn2nc1N1CCc2ncc(-c3cnn(C4CC4)c3)cc2C1. The number of aromatic nitrogens is 6. The molecule has 0 bridgehead atoms. The summed E-state index contributed by atoms with van der Waals surface area (Å²) in [5.41, 5.74) is 6.79. The predicted molar refractivity (Wildman–Crippen MR) is 106 cm³/mol. The summed E-state index contributed by atoms with van der Waals surface area (Å²) in [6, 6.07) is 4.97. The maximum Gasteiger partial charge on any atom is 0.153 e. The van der Waals surface area contributed by atoms with Crippen LogP contribution in [0.1, 0.15) is 35.7 Å². The molecule has 0 amide bonds. The van der Waals surface area contributed by atoms with Crippen molar-refractivity contribution in [2.45, 2.75) is 38.8 Å². The summed E-state index contributed by atoms with van der Waals surface area (Å²) >= 11 is 0. The molecule has 1 fully saturated rings. The molecular weight excluding hydrogens is 350 g/mol. The molecule has 2 aliphatic rings. The highest BCUT2D eigenvalue weighted by Crippen LogP contribution is 2.35. The van der Waals surface area contributed by atoms with E-state index in [2.05, 4.69) is 44.9 Å². The summed E-state index contributed by atoms with van der Waals surface area (Å²) in [6.07, 6.45) is 13.2. The van der Waals surface area contributed by atoms with Gasteiger partial charge in [0.25, 0.3) is 0 Å². The molecule has 0 unspecified atom stereocenters. The molecule has 0 aromatic carbocycles. The van der Waals surface area contributed by atoms with E-state index in [0.717, 1.165) is 47.7 Å². The normalized spacial score (nSPS) is 16.5. The van der Waals surface area contributed by atoms with Crippen LogP contribution in [0.5, 0.6) is 0 Å². The molecule has 7 nitrogen and oxygen atoms in total. The van der Waals surface area contributed by atoms with Crippen molar-refractivity contribution in [2.24, 2.45) is 0 Å². The lowest BCUT2D eigenvalue weighted by atomic mass is 10.0. The van der Waals surface area contributed by atoms with Gasteiger partial charge in [0.1, 0.15) is 0 Å². The summed E-state index contributed by atoms with van der Waals surface area (Å²) < 4.78 is 3.94. The quantitative estimate of drug-likeness (QED) is 0.553. The Bertz CT molecular complexity index is 1180. The van der Waals surface area contributed by atoms with Crippen LogP contribution in [-0.4, -0.2) is 35.9 Å². The van der Waals surface area contributed by atoms with Crippen LogP contribution in [0.2, 0.25) is 0 Å². The minimum atomic E-state index is 0.599. The zero-order valence-corrected chi connectivity index (χ0v) is 15.8. The molecule has 5 heterocycles. The van der Waals surface area contributed by atoms with Crippen LogP contribution in [0.3, 0.4) is 0 Å². The molecule has 0 radical (unpaired) electrons. The van der Waals surface area contributed by atoms with E-state index in [-0.39, 0.29) is 0 Å². The molecule has 0 saturated heterocycles. The van der Waals surface area contributed by atoms with E-state index in [4.69, 9.17) is 10.1 Å². The summed E-state index contributed by atoms with van der Waals surface area (Å²) in [5, 5.41) is 9.31. The maximum atomic E-state index is 4.79. The Kier molecular flexibility index (Phi) is 3.32. The van der Waals surface area contributed by atoms with Crippen LogP contribution in [-0.2, 0) is 13.0 Å². The van der Waals surface area contributed by atoms with E-state index >= 15 is 0 Å². The van der Waals surface area contributed by atoms with Gasteiger partial charge in [0.15, 0.2) is 11.5 Å². The van der Waals surface area contributed by atoms with E-state index < -0.39 is 0 Å². The first-order valence-corrected chi connectivity index (χ1v) is 9.83. The van der Waals surface area contributed by atoms with Crippen molar-refractivity contribution in [3.8, 4) is 11.1 Å². The van der Waals surface area contributed by atoms with Crippen molar-refractivity contribution >= 4 is 11.5 Å². The lowest BCUT2D eigenvalue weighted by Crippen LogP contribution is -2.32. The first-order valence-electron chi connectivity index (χ1n) is 9.83. The standard InChI is InChI=1S/C21H21N7/c1-14-8-20-22-5-7-27(20)25-21(14)26-6-4-19-16(12-26)9-15(10-23-19)17-11-24-28(13-17)18-2-3-18/h5,7-11,13,18H,2-4,6,12H2,1H3. The van der Waals surface area contributed by atoms with Gasteiger partial charge in [-0.3, -0.25) is 9.67 Å². The molecule has 0 atom stereocenters. The first kappa shape index (κ1) is 15.8. The zero-order valence-electron chi connectivity index (χ0n) is 15.8. The number of hydrogen-bond donors (Lipinski definition) is 0. The number of anilines is 1. The molecule has 4 aromatic heterocycles. The zero-order chi connectivity index (χ0) is 18.7. The Hall–Kier alpha value is -3.22. The van der Waals surface area contributed by atoms with Crippen molar-refractivity contribution in [3.63, 3.8) is 0 Å². The molecule has 4 aromatic rings. The Labute approximate surface area is 162 Å². The maximum absolute atomic E-state index is 4.79. The Morgan fingerprint density at radius 1 is 1.07 bits per heavy atom. The van der Waals surface area contributed by atoms with E-state index in [0.29, 0.717) is 6.04 Å². The molecular formula is C21H21N7. The minimum absolute atomic E-state index is 0.599. The fourth-order valence-electron chi connectivity index (χ4n) is 4.04. The number of hydrogen-bond acceptors (Lipinski definition) is 5. The summed E-state index contributed by atoms with van der Waals surface area (Å²) in [4.78, 5) is 11.4. The second-order valence-corrected chi connectivity index (χ2v) is 7.82. The molecule has 140 valence electrons. The Balaban J connectivity index is 1.33. The second kappa shape index (κ2) is 5.89. The molecule has 1 aliphatic carbocycles. The van der Waals surface area contributed by atoms with Gasteiger partial charge in [-0.05, 0) is 43.0 Å². The Morgan fingerprint density at radius 2 is 2.00 bits per heavy atom. The van der Waals surface area contributed by atoms with Crippen molar-refractivity contribution in [1.29, 1.82) is 0 Å². The molecule has 0 spiro atoms. The van der Waals surface area contributed by atoms with Gasteiger partial charge in [-0.15, -0.1) is 5.10 Å². The van der Waals surface area contributed by atoms with Gasteiger partial charge < -0.3 is 4.90 Å². The summed E-state index contributed by atoms with van der Waals surface area (Å²) in [5.74, 6) is 1.02. The van der Waals surface area contributed by atoms with E-state index in [1.807, 2.05) is 23.1 Å². The van der Waals surface area contributed by atoms with Crippen LogP contribution in [0, 0.1) is 6.92 Å². The predicted octanol–water partition coefficient (Wildman–Crippen LogP) is 3.19. The average Bonchev–Trinajstić information content (AvgIpc) is 3.26. The lowest BCUT2D eigenvalue weighted by molar-refractivity contribution is 0.642. The van der Waals surface area contributed by atoms with Crippen molar-refractivity contribution in [3.05, 3.63) is 59.9 Å².